The van der Waals surface area contributed by atoms with Crippen molar-refractivity contribution < 1.29 is 14.8 Å². The lowest BCUT2D eigenvalue weighted by Crippen LogP contribution is -2.15. The standard InChI is InChI=1S/C15H12BrNO4/c16-14-7-2-1-6-12(14)13(15(18)19)9-10-4-3-5-11(8-10)17(20)21/h1-8,13H,9H2,(H,18,19). The van der Waals surface area contributed by atoms with Gasteiger partial charge in [-0.1, -0.05) is 46.3 Å². The summed E-state index contributed by atoms with van der Waals surface area (Å²) in [6.45, 7) is 0. The maximum Gasteiger partial charge on any atom is 0.311 e. The third kappa shape index (κ3) is 3.66. The summed E-state index contributed by atoms with van der Waals surface area (Å²) in [6.07, 6.45) is 0.194. The molecule has 0 heterocycles. The van der Waals surface area contributed by atoms with Gasteiger partial charge in [-0.3, -0.25) is 14.9 Å². The number of carboxylic acids is 1. The van der Waals surface area contributed by atoms with E-state index in [2.05, 4.69) is 15.9 Å². The Morgan fingerprint density at radius 3 is 2.57 bits per heavy atom. The van der Waals surface area contributed by atoms with Crippen LogP contribution >= 0.6 is 15.9 Å². The molecular formula is C15H12BrNO4. The number of nitro benzene ring substituents is 1. The Labute approximate surface area is 129 Å². The third-order valence-corrected chi connectivity index (χ3v) is 3.86. The largest absolute Gasteiger partial charge is 0.481 e. The van der Waals surface area contributed by atoms with Crippen molar-refractivity contribution in [3.05, 3.63) is 74.2 Å². The van der Waals surface area contributed by atoms with E-state index < -0.39 is 16.8 Å². The van der Waals surface area contributed by atoms with Gasteiger partial charge in [0, 0.05) is 16.6 Å². The number of benzene rings is 2. The van der Waals surface area contributed by atoms with Crippen LogP contribution in [0.2, 0.25) is 0 Å². The number of aliphatic carboxylic acids is 1. The number of nitrogens with zero attached hydrogens (tertiary/aromatic N) is 1. The fraction of sp³-hybridized carbons (Fsp3) is 0.133. The highest BCUT2D eigenvalue weighted by molar-refractivity contribution is 9.10. The number of hydrogen-bond donors (Lipinski definition) is 1. The van der Waals surface area contributed by atoms with E-state index in [1.165, 1.54) is 12.1 Å². The normalized spacial score (nSPS) is 11.9. The predicted octanol–water partition coefficient (Wildman–Crippen LogP) is 3.77. The van der Waals surface area contributed by atoms with E-state index in [1.807, 2.05) is 0 Å². The monoisotopic (exact) mass is 349 g/mol. The molecule has 1 N–H and O–H groups in total. The van der Waals surface area contributed by atoms with Crippen LogP contribution in [0.25, 0.3) is 0 Å². The molecule has 0 spiro atoms. The van der Waals surface area contributed by atoms with Crippen LogP contribution in [0.1, 0.15) is 17.0 Å². The van der Waals surface area contributed by atoms with Gasteiger partial charge < -0.3 is 5.11 Å². The SMILES string of the molecule is O=C(O)C(Cc1cccc([N+](=O)[O-])c1)c1ccccc1Br. The van der Waals surface area contributed by atoms with Gasteiger partial charge >= 0.3 is 5.97 Å². The van der Waals surface area contributed by atoms with Crippen molar-refractivity contribution in [2.24, 2.45) is 0 Å². The van der Waals surface area contributed by atoms with E-state index in [0.717, 1.165) is 0 Å². The highest BCUT2D eigenvalue weighted by Gasteiger charge is 2.23. The minimum absolute atomic E-state index is 0.0382. The lowest BCUT2D eigenvalue weighted by atomic mass is 9.92. The minimum atomic E-state index is -0.964. The first kappa shape index (κ1) is 15.2. The molecule has 2 rings (SSSR count). The maximum atomic E-state index is 11.5. The van der Waals surface area contributed by atoms with Crippen LogP contribution in [-0.4, -0.2) is 16.0 Å². The van der Waals surface area contributed by atoms with Gasteiger partial charge in [0.05, 0.1) is 10.8 Å². The first-order valence-electron chi connectivity index (χ1n) is 6.19. The van der Waals surface area contributed by atoms with E-state index in [0.29, 0.717) is 15.6 Å². The smallest absolute Gasteiger partial charge is 0.311 e. The molecule has 21 heavy (non-hydrogen) atoms. The number of carbonyl (C=O) groups is 1. The Morgan fingerprint density at radius 1 is 1.24 bits per heavy atom. The quantitative estimate of drug-likeness (QED) is 0.658. The second-order valence-corrected chi connectivity index (χ2v) is 5.40. The van der Waals surface area contributed by atoms with Gasteiger partial charge in [0.1, 0.15) is 0 Å². The van der Waals surface area contributed by atoms with Crippen LogP contribution < -0.4 is 0 Å². The molecule has 0 aliphatic carbocycles. The Hall–Kier alpha value is -2.21. The zero-order valence-electron chi connectivity index (χ0n) is 10.9. The van der Waals surface area contributed by atoms with Gasteiger partial charge in [0.15, 0.2) is 0 Å². The predicted molar refractivity (Wildman–Crippen MR) is 81.3 cm³/mol. The zero-order valence-corrected chi connectivity index (χ0v) is 12.5. The lowest BCUT2D eigenvalue weighted by molar-refractivity contribution is -0.384. The summed E-state index contributed by atoms with van der Waals surface area (Å²) < 4.78 is 0.711. The van der Waals surface area contributed by atoms with Gasteiger partial charge in [-0.15, -0.1) is 0 Å². The van der Waals surface area contributed by atoms with Gasteiger partial charge in [-0.25, -0.2) is 0 Å². The summed E-state index contributed by atoms with van der Waals surface area (Å²) in [5, 5.41) is 20.2. The van der Waals surface area contributed by atoms with Crippen LogP contribution in [0, 0.1) is 10.1 Å². The highest BCUT2D eigenvalue weighted by atomic mass is 79.9. The molecule has 0 aliphatic heterocycles. The molecule has 2 aromatic carbocycles. The van der Waals surface area contributed by atoms with Crippen LogP contribution in [0.15, 0.2) is 53.0 Å². The Bertz CT molecular complexity index is 687. The molecule has 0 saturated carbocycles. The zero-order chi connectivity index (χ0) is 15.4. The molecule has 2 aromatic rings. The second-order valence-electron chi connectivity index (χ2n) is 4.54. The van der Waals surface area contributed by atoms with Crippen molar-refractivity contribution >= 4 is 27.6 Å². The van der Waals surface area contributed by atoms with Crippen molar-refractivity contribution in [1.82, 2.24) is 0 Å². The fourth-order valence-electron chi connectivity index (χ4n) is 2.12. The molecule has 1 unspecified atom stereocenters. The molecule has 0 bridgehead atoms. The number of carboxylic acid groups (broad SMARTS) is 1. The van der Waals surface area contributed by atoms with Gasteiger partial charge in [-0.2, -0.15) is 0 Å². The minimum Gasteiger partial charge on any atom is -0.481 e. The van der Waals surface area contributed by atoms with Crippen molar-refractivity contribution in [3.63, 3.8) is 0 Å². The molecule has 6 heteroatoms. The van der Waals surface area contributed by atoms with Crippen molar-refractivity contribution in [2.45, 2.75) is 12.3 Å². The number of nitro groups is 1. The number of rotatable bonds is 5. The Balaban J connectivity index is 2.33. The van der Waals surface area contributed by atoms with Crippen LogP contribution in [0.5, 0.6) is 0 Å². The van der Waals surface area contributed by atoms with Crippen LogP contribution in [-0.2, 0) is 11.2 Å². The summed E-state index contributed by atoms with van der Waals surface area (Å²) in [5.74, 6) is -1.73. The van der Waals surface area contributed by atoms with Gasteiger partial charge in [-0.05, 0) is 23.6 Å². The molecule has 0 aromatic heterocycles. The lowest BCUT2D eigenvalue weighted by Gasteiger charge is -2.14. The second kappa shape index (κ2) is 6.49. The molecule has 0 amide bonds. The average molecular weight is 350 g/mol. The first-order chi connectivity index (χ1) is 9.99. The summed E-state index contributed by atoms with van der Waals surface area (Å²) in [6, 6.07) is 13.1. The van der Waals surface area contributed by atoms with Crippen molar-refractivity contribution in [3.8, 4) is 0 Å². The van der Waals surface area contributed by atoms with E-state index in [1.54, 1.807) is 36.4 Å². The number of halogens is 1. The topological polar surface area (TPSA) is 80.4 Å². The molecular weight excluding hydrogens is 338 g/mol. The number of non-ortho nitro benzene ring substituents is 1. The summed E-state index contributed by atoms with van der Waals surface area (Å²) in [7, 11) is 0. The average Bonchev–Trinajstić information content (AvgIpc) is 2.45. The van der Waals surface area contributed by atoms with E-state index in [4.69, 9.17) is 0 Å². The van der Waals surface area contributed by atoms with Gasteiger partial charge in [0.25, 0.3) is 5.69 Å². The maximum absolute atomic E-state index is 11.5. The van der Waals surface area contributed by atoms with E-state index >= 15 is 0 Å². The third-order valence-electron chi connectivity index (χ3n) is 3.14. The van der Waals surface area contributed by atoms with E-state index in [9.17, 15) is 20.0 Å². The Morgan fingerprint density at radius 2 is 1.95 bits per heavy atom. The molecule has 108 valence electrons. The summed E-state index contributed by atoms with van der Waals surface area (Å²) in [4.78, 5) is 21.8. The first-order valence-corrected chi connectivity index (χ1v) is 6.99. The molecule has 5 nitrogen and oxygen atoms in total. The van der Waals surface area contributed by atoms with Crippen LogP contribution in [0.3, 0.4) is 0 Å². The van der Waals surface area contributed by atoms with Crippen molar-refractivity contribution in [2.75, 3.05) is 0 Å². The van der Waals surface area contributed by atoms with Crippen LogP contribution in [0.4, 0.5) is 5.69 Å². The van der Waals surface area contributed by atoms with Gasteiger partial charge in [0.2, 0.25) is 0 Å². The van der Waals surface area contributed by atoms with Crippen molar-refractivity contribution in [1.29, 1.82) is 0 Å². The van der Waals surface area contributed by atoms with E-state index in [-0.39, 0.29) is 12.1 Å². The molecule has 0 fully saturated rings. The number of hydrogen-bond acceptors (Lipinski definition) is 3. The molecule has 0 aliphatic rings. The fourth-order valence-corrected chi connectivity index (χ4v) is 2.68. The molecule has 0 saturated heterocycles. The molecule has 0 radical (unpaired) electrons. The highest BCUT2D eigenvalue weighted by Crippen LogP contribution is 2.29. The molecule has 1 atom stereocenters. The Kier molecular flexibility index (Phi) is 4.70. The summed E-state index contributed by atoms with van der Waals surface area (Å²) >= 11 is 3.34. The summed E-state index contributed by atoms with van der Waals surface area (Å²) in [5.41, 5.74) is 1.23.